The van der Waals surface area contributed by atoms with Gasteiger partial charge < -0.3 is 5.11 Å². The van der Waals surface area contributed by atoms with E-state index in [2.05, 4.69) is 4.98 Å². The van der Waals surface area contributed by atoms with E-state index in [0.717, 1.165) is 20.8 Å². The van der Waals surface area contributed by atoms with Crippen LogP contribution < -0.4 is 0 Å². The molecule has 4 rings (SSSR count). The number of hydrogen-bond acceptors (Lipinski definition) is 3. The second-order valence-electron chi connectivity index (χ2n) is 4.66. The molecule has 2 nitrogen and oxygen atoms in total. The van der Waals surface area contributed by atoms with Crippen LogP contribution in [-0.2, 0) is 0 Å². The quantitative estimate of drug-likeness (QED) is 0.514. The molecule has 4 aromatic rings. The van der Waals surface area contributed by atoms with Crippen LogP contribution in [-0.4, -0.2) is 10.1 Å². The third-order valence-electron chi connectivity index (χ3n) is 3.10. The molecular formula is C19H15NOS. The number of thiazole rings is 1. The first-order chi connectivity index (χ1) is 10.8. The number of hydrogen-bond donors (Lipinski definition) is 1. The molecule has 1 N–H and O–H groups in total. The van der Waals surface area contributed by atoms with E-state index in [-0.39, 0.29) is 5.75 Å². The van der Waals surface area contributed by atoms with Gasteiger partial charge in [0.1, 0.15) is 10.8 Å². The van der Waals surface area contributed by atoms with E-state index in [0.29, 0.717) is 0 Å². The molecule has 0 atom stereocenters. The Balaban J connectivity index is 0.000000202. The first-order valence-electron chi connectivity index (χ1n) is 6.98. The van der Waals surface area contributed by atoms with Gasteiger partial charge in [-0.2, -0.15) is 0 Å². The molecule has 0 aliphatic rings. The maximum atomic E-state index is 9.76. The largest absolute Gasteiger partial charge is 0.507 e. The smallest absolute Gasteiger partial charge is 0.128 e. The van der Waals surface area contributed by atoms with Crippen molar-refractivity contribution in [3.8, 4) is 16.3 Å². The summed E-state index contributed by atoms with van der Waals surface area (Å²) in [5, 5.41) is 10.6. The molecular weight excluding hydrogens is 290 g/mol. The number of aromatic nitrogens is 1. The molecule has 3 heteroatoms. The van der Waals surface area contributed by atoms with Crippen LogP contribution in [0.3, 0.4) is 0 Å². The van der Waals surface area contributed by atoms with Gasteiger partial charge >= 0.3 is 0 Å². The van der Waals surface area contributed by atoms with Crippen LogP contribution in [0.5, 0.6) is 5.75 Å². The molecule has 0 saturated carbocycles. The first-order valence-corrected chi connectivity index (χ1v) is 7.80. The highest BCUT2D eigenvalue weighted by Gasteiger charge is 2.08. The van der Waals surface area contributed by atoms with Crippen LogP contribution in [0.25, 0.3) is 20.8 Å². The minimum Gasteiger partial charge on any atom is -0.507 e. The summed E-state index contributed by atoms with van der Waals surface area (Å²) in [4.78, 5) is 4.50. The summed E-state index contributed by atoms with van der Waals surface area (Å²) in [5.41, 5.74) is 1.77. The lowest BCUT2D eigenvalue weighted by molar-refractivity contribution is 0.477. The van der Waals surface area contributed by atoms with Crippen molar-refractivity contribution in [1.29, 1.82) is 0 Å². The fourth-order valence-corrected chi connectivity index (χ4v) is 3.03. The second kappa shape index (κ2) is 6.87. The highest BCUT2D eigenvalue weighted by atomic mass is 32.1. The Morgan fingerprint density at radius 2 is 1.27 bits per heavy atom. The fourth-order valence-electron chi connectivity index (χ4n) is 2.03. The highest BCUT2D eigenvalue weighted by molar-refractivity contribution is 7.21. The molecule has 0 amide bonds. The van der Waals surface area contributed by atoms with E-state index in [4.69, 9.17) is 0 Å². The standard InChI is InChI=1S/C13H9NOS.C6H6/c15-11-7-3-1-5-9(11)13-14-10-6-2-4-8-12(10)16-13;1-2-4-6-5-3-1/h1-8,15H;1-6H. The van der Waals surface area contributed by atoms with Crippen LogP contribution in [0.15, 0.2) is 84.9 Å². The van der Waals surface area contributed by atoms with Crippen molar-refractivity contribution < 1.29 is 5.11 Å². The zero-order chi connectivity index (χ0) is 15.2. The lowest BCUT2D eigenvalue weighted by Crippen LogP contribution is -1.76. The van der Waals surface area contributed by atoms with Gasteiger partial charge in [-0.05, 0) is 24.3 Å². The highest BCUT2D eigenvalue weighted by Crippen LogP contribution is 2.34. The molecule has 0 bridgehead atoms. The third-order valence-corrected chi connectivity index (χ3v) is 4.16. The number of phenols is 1. The van der Waals surface area contributed by atoms with Gasteiger partial charge in [-0.3, -0.25) is 0 Å². The van der Waals surface area contributed by atoms with Gasteiger partial charge in [-0.15, -0.1) is 11.3 Å². The van der Waals surface area contributed by atoms with Gasteiger partial charge in [-0.25, -0.2) is 4.98 Å². The molecule has 0 unspecified atom stereocenters. The Morgan fingerprint density at radius 1 is 0.682 bits per heavy atom. The monoisotopic (exact) mass is 305 g/mol. The van der Waals surface area contributed by atoms with Crippen molar-refractivity contribution in [3.63, 3.8) is 0 Å². The zero-order valence-corrected chi connectivity index (χ0v) is 12.7. The summed E-state index contributed by atoms with van der Waals surface area (Å²) in [6.07, 6.45) is 0. The van der Waals surface area contributed by atoms with Crippen LogP contribution in [0.2, 0.25) is 0 Å². The molecule has 0 spiro atoms. The zero-order valence-electron chi connectivity index (χ0n) is 11.9. The minimum absolute atomic E-state index is 0.279. The molecule has 0 fully saturated rings. The molecule has 3 aromatic carbocycles. The van der Waals surface area contributed by atoms with Crippen molar-refractivity contribution in [1.82, 2.24) is 4.98 Å². The molecule has 0 saturated heterocycles. The number of aromatic hydroxyl groups is 1. The lowest BCUT2D eigenvalue weighted by atomic mass is 10.2. The van der Waals surface area contributed by atoms with Crippen LogP contribution >= 0.6 is 11.3 Å². The Labute approximate surface area is 133 Å². The van der Waals surface area contributed by atoms with Gasteiger partial charge in [0.2, 0.25) is 0 Å². The fraction of sp³-hybridized carbons (Fsp3) is 0. The van der Waals surface area contributed by atoms with Gasteiger partial charge in [0, 0.05) is 0 Å². The molecule has 0 aliphatic carbocycles. The van der Waals surface area contributed by atoms with Gasteiger partial charge in [0.05, 0.1) is 15.8 Å². The SMILES string of the molecule is Oc1ccccc1-c1nc2ccccc2s1.c1ccccc1. The minimum atomic E-state index is 0.279. The molecule has 1 aromatic heterocycles. The van der Waals surface area contributed by atoms with E-state index in [1.807, 2.05) is 78.9 Å². The van der Waals surface area contributed by atoms with E-state index in [1.165, 1.54) is 0 Å². The van der Waals surface area contributed by atoms with E-state index in [1.54, 1.807) is 17.4 Å². The number of fused-ring (bicyclic) bond motifs is 1. The van der Waals surface area contributed by atoms with Crippen molar-refractivity contribution >= 4 is 21.6 Å². The molecule has 108 valence electrons. The summed E-state index contributed by atoms with van der Waals surface area (Å²) in [6, 6.07) is 27.3. The second-order valence-corrected chi connectivity index (χ2v) is 5.69. The van der Waals surface area contributed by atoms with Crippen LogP contribution in [0.4, 0.5) is 0 Å². The Hall–Kier alpha value is -2.65. The Kier molecular flexibility index (Phi) is 4.47. The third kappa shape index (κ3) is 3.32. The average Bonchev–Trinajstić information content (AvgIpc) is 3.01. The molecule has 0 radical (unpaired) electrons. The van der Waals surface area contributed by atoms with Gasteiger partial charge in [0.15, 0.2) is 0 Å². The van der Waals surface area contributed by atoms with E-state index in [9.17, 15) is 5.11 Å². The van der Waals surface area contributed by atoms with Gasteiger partial charge in [-0.1, -0.05) is 60.7 Å². The number of nitrogens with zero attached hydrogens (tertiary/aromatic N) is 1. The molecule has 0 aliphatic heterocycles. The van der Waals surface area contributed by atoms with Crippen molar-refractivity contribution in [2.75, 3.05) is 0 Å². The predicted molar refractivity (Wildman–Crippen MR) is 93.2 cm³/mol. The summed E-state index contributed by atoms with van der Waals surface area (Å²) in [6.45, 7) is 0. The maximum Gasteiger partial charge on any atom is 0.128 e. The number of phenolic OH excluding ortho intramolecular Hbond substituents is 1. The normalized spacial score (nSPS) is 10.0. The van der Waals surface area contributed by atoms with Crippen molar-refractivity contribution in [2.24, 2.45) is 0 Å². The number of para-hydroxylation sites is 2. The van der Waals surface area contributed by atoms with E-state index >= 15 is 0 Å². The topological polar surface area (TPSA) is 33.1 Å². The summed E-state index contributed by atoms with van der Waals surface area (Å²) < 4.78 is 1.14. The maximum absolute atomic E-state index is 9.76. The number of benzene rings is 3. The summed E-state index contributed by atoms with van der Waals surface area (Å²) in [7, 11) is 0. The number of rotatable bonds is 1. The van der Waals surface area contributed by atoms with Crippen molar-refractivity contribution in [2.45, 2.75) is 0 Å². The Morgan fingerprint density at radius 3 is 1.91 bits per heavy atom. The molecule has 22 heavy (non-hydrogen) atoms. The van der Waals surface area contributed by atoms with Crippen LogP contribution in [0, 0.1) is 0 Å². The average molecular weight is 305 g/mol. The lowest BCUT2D eigenvalue weighted by Gasteiger charge is -1.98. The van der Waals surface area contributed by atoms with Crippen molar-refractivity contribution in [3.05, 3.63) is 84.9 Å². The van der Waals surface area contributed by atoms with Gasteiger partial charge in [0.25, 0.3) is 0 Å². The Bertz CT molecular complexity index is 796. The van der Waals surface area contributed by atoms with E-state index < -0.39 is 0 Å². The predicted octanol–water partition coefficient (Wildman–Crippen LogP) is 5.36. The first kappa shape index (κ1) is 14.3. The molecule has 1 heterocycles. The van der Waals surface area contributed by atoms with Crippen LogP contribution in [0.1, 0.15) is 0 Å². The summed E-state index contributed by atoms with van der Waals surface area (Å²) in [5.74, 6) is 0.279. The summed E-state index contributed by atoms with van der Waals surface area (Å²) >= 11 is 1.59.